The van der Waals surface area contributed by atoms with E-state index in [0.29, 0.717) is 24.8 Å². The summed E-state index contributed by atoms with van der Waals surface area (Å²) in [5, 5.41) is 0. The number of hydrogen-bond donors (Lipinski definition) is 0. The van der Waals surface area contributed by atoms with Crippen molar-refractivity contribution in [1.82, 2.24) is 18.5 Å². The smallest absolute Gasteiger partial charge is 0.275 e. The fourth-order valence-electron chi connectivity index (χ4n) is 3.73. The van der Waals surface area contributed by atoms with E-state index in [0.717, 1.165) is 69.7 Å². The molecule has 0 N–H and O–H groups in total. The van der Waals surface area contributed by atoms with E-state index in [-0.39, 0.29) is 5.91 Å². The van der Waals surface area contributed by atoms with Crippen LogP contribution in [-0.2, 0) is 11.3 Å². The number of amides is 1. The van der Waals surface area contributed by atoms with Gasteiger partial charge in [0.1, 0.15) is 5.75 Å². The SMILES string of the molecule is O=C(c1cnsn1)N1CCCC(COc2ccc(CN3CCOCC3)cc2)C1. The maximum absolute atomic E-state index is 12.5. The van der Waals surface area contributed by atoms with Crippen LogP contribution >= 0.6 is 11.7 Å². The Morgan fingerprint density at radius 2 is 2.04 bits per heavy atom. The van der Waals surface area contributed by atoms with Gasteiger partial charge < -0.3 is 14.4 Å². The predicted octanol–water partition coefficient (Wildman–Crippen LogP) is 2.30. The molecule has 2 aliphatic heterocycles. The number of piperidine rings is 1. The Balaban J connectivity index is 1.25. The zero-order valence-corrected chi connectivity index (χ0v) is 16.8. The maximum atomic E-state index is 12.5. The van der Waals surface area contributed by atoms with Crippen molar-refractivity contribution >= 4 is 17.6 Å². The highest BCUT2D eigenvalue weighted by Gasteiger charge is 2.26. The minimum atomic E-state index is -0.0223. The Labute approximate surface area is 169 Å². The third-order valence-corrected chi connectivity index (χ3v) is 5.78. The molecule has 2 aliphatic rings. The predicted molar refractivity (Wildman–Crippen MR) is 107 cm³/mol. The van der Waals surface area contributed by atoms with Gasteiger partial charge in [-0.2, -0.15) is 8.75 Å². The zero-order valence-electron chi connectivity index (χ0n) is 16.0. The van der Waals surface area contributed by atoms with Gasteiger partial charge in [0.25, 0.3) is 5.91 Å². The highest BCUT2D eigenvalue weighted by Crippen LogP contribution is 2.21. The second-order valence-electron chi connectivity index (χ2n) is 7.40. The number of ether oxygens (including phenoxy) is 2. The average Bonchev–Trinajstić information content (AvgIpc) is 3.29. The number of carbonyl (C=O) groups is 1. The monoisotopic (exact) mass is 402 g/mol. The van der Waals surface area contributed by atoms with Gasteiger partial charge >= 0.3 is 0 Å². The fourth-order valence-corrected chi connectivity index (χ4v) is 4.14. The van der Waals surface area contributed by atoms with E-state index in [1.54, 1.807) is 6.20 Å². The second kappa shape index (κ2) is 9.45. The lowest BCUT2D eigenvalue weighted by molar-refractivity contribution is 0.0342. The number of aromatic nitrogens is 2. The van der Waals surface area contributed by atoms with Crippen LogP contribution in [0.5, 0.6) is 5.75 Å². The van der Waals surface area contributed by atoms with Crippen molar-refractivity contribution in [1.29, 1.82) is 0 Å². The number of rotatable bonds is 6. The highest BCUT2D eigenvalue weighted by atomic mass is 32.1. The first kappa shape index (κ1) is 19.3. The van der Waals surface area contributed by atoms with Gasteiger partial charge in [0, 0.05) is 38.6 Å². The van der Waals surface area contributed by atoms with Gasteiger partial charge in [0.2, 0.25) is 0 Å². The zero-order chi connectivity index (χ0) is 19.2. The van der Waals surface area contributed by atoms with E-state index in [9.17, 15) is 4.79 Å². The standard InChI is InChI=1S/C20H26N4O3S/c25-20(19-12-21-28-22-19)24-7-1-2-17(14-24)15-27-18-5-3-16(4-6-18)13-23-8-10-26-11-9-23/h3-6,12,17H,1-2,7-11,13-15H2. The molecule has 0 radical (unpaired) electrons. The lowest BCUT2D eigenvalue weighted by Gasteiger charge is -2.32. The van der Waals surface area contributed by atoms with Crippen LogP contribution in [0.4, 0.5) is 0 Å². The number of morpholine rings is 1. The second-order valence-corrected chi connectivity index (χ2v) is 7.95. The highest BCUT2D eigenvalue weighted by molar-refractivity contribution is 6.99. The van der Waals surface area contributed by atoms with Crippen molar-refractivity contribution in [3.8, 4) is 5.75 Å². The third-order valence-electron chi connectivity index (χ3n) is 5.31. The van der Waals surface area contributed by atoms with E-state index >= 15 is 0 Å². The van der Waals surface area contributed by atoms with Crippen molar-refractivity contribution in [3.05, 3.63) is 41.7 Å². The molecule has 4 rings (SSSR count). The van der Waals surface area contributed by atoms with E-state index in [4.69, 9.17) is 9.47 Å². The molecule has 2 saturated heterocycles. The molecule has 0 saturated carbocycles. The van der Waals surface area contributed by atoms with Gasteiger partial charge in [0.05, 0.1) is 37.7 Å². The molecule has 8 heteroatoms. The first-order chi connectivity index (χ1) is 13.8. The molecule has 1 amide bonds. The summed E-state index contributed by atoms with van der Waals surface area (Å²) in [5.74, 6) is 1.21. The Bertz CT molecular complexity index is 747. The molecule has 1 unspecified atom stereocenters. The lowest BCUT2D eigenvalue weighted by Crippen LogP contribution is -2.41. The molecule has 7 nitrogen and oxygen atoms in total. The molecule has 1 aromatic carbocycles. The van der Waals surface area contributed by atoms with Crippen LogP contribution in [0.1, 0.15) is 28.9 Å². The summed E-state index contributed by atoms with van der Waals surface area (Å²) in [5.41, 5.74) is 1.74. The molecule has 2 fully saturated rings. The van der Waals surface area contributed by atoms with Gasteiger partial charge in [-0.25, -0.2) is 0 Å². The molecule has 1 atom stereocenters. The number of carbonyl (C=O) groups excluding carboxylic acids is 1. The summed E-state index contributed by atoms with van der Waals surface area (Å²) in [7, 11) is 0. The van der Waals surface area contributed by atoms with Crippen molar-refractivity contribution in [2.75, 3.05) is 46.0 Å². The van der Waals surface area contributed by atoms with Gasteiger partial charge in [0.15, 0.2) is 5.69 Å². The topological polar surface area (TPSA) is 67.8 Å². The molecule has 1 aromatic heterocycles. The van der Waals surface area contributed by atoms with Crippen LogP contribution in [0, 0.1) is 5.92 Å². The largest absolute Gasteiger partial charge is 0.493 e. The molecule has 0 bridgehead atoms. The summed E-state index contributed by atoms with van der Waals surface area (Å²) in [6.45, 7) is 6.70. The number of likely N-dealkylation sites (tertiary alicyclic amines) is 1. The first-order valence-corrected chi connectivity index (χ1v) is 10.6. The Morgan fingerprint density at radius 3 is 2.79 bits per heavy atom. The molecular formula is C20H26N4O3S. The van der Waals surface area contributed by atoms with Gasteiger partial charge in [-0.05, 0) is 30.5 Å². The lowest BCUT2D eigenvalue weighted by atomic mass is 9.98. The van der Waals surface area contributed by atoms with E-state index in [1.807, 2.05) is 17.0 Å². The first-order valence-electron chi connectivity index (χ1n) is 9.86. The van der Waals surface area contributed by atoms with E-state index < -0.39 is 0 Å². The Hall–Kier alpha value is -2.03. The van der Waals surface area contributed by atoms with Crippen LogP contribution in [-0.4, -0.2) is 70.5 Å². The van der Waals surface area contributed by atoms with Crippen molar-refractivity contribution in [2.45, 2.75) is 19.4 Å². The summed E-state index contributed by atoms with van der Waals surface area (Å²) >= 11 is 1.07. The molecule has 0 aliphatic carbocycles. The summed E-state index contributed by atoms with van der Waals surface area (Å²) in [4.78, 5) is 16.7. The Morgan fingerprint density at radius 1 is 1.21 bits per heavy atom. The minimum absolute atomic E-state index is 0.0223. The van der Waals surface area contributed by atoms with Crippen LogP contribution in [0.25, 0.3) is 0 Å². The summed E-state index contributed by atoms with van der Waals surface area (Å²) in [6, 6.07) is 8.36. The molecule has 2 aromatic rings. The van der Waals surface area contributed by atoms with Crippen LogP contribution in [0.3, 0.4) is 0 Å². The number of hydrogen-bond acceptors (Lipinski definition) is 7. The molecule has 3 heterocycles. The Kier molecular flexibility index (Phi) is 6.51. The number of nitrogens with zero attached hydrogens (tertiary/aromatic N) is 4. The quantitative estimate of drug-likeness (QED) is 0.739. The third kappa shape index (κ3) is 5.06. The van der Waals surface area contributed by atoms with Gasteiger partial charge in [-0.3, -0.25) is 9.69 Å². The molecule has 28 heavy (non-hydrogen) atoms. The fraction of sp³-hybridized carbons (Fsp3) is 0.550. The van der Waals surface area contributed by atoms with Gasteiger partial charge in [-0.1, -0.05) is 12.1 Å². The van der Waals surface area contributed by atoms with Gasteiger partial charge in [-0.15, -0.1) is 0 Å². The maximum Gasteiger partial charge on any atom is 0.275 e. The molecular weight excluding hydrogens is 376 g/mol. The normalized spacial score (nSPS) is 20.9. The van der Waals surface area contributed by atoms with Crippen LogP contribution < -0.4 is 4.74 Å². The molecule has 0 spiro atoms. The van der Waals surface area contributed by atoms with E-state index in [2.05, 4.69) is 25.8 Å². The summed E-state index contributed by atoms with van der Waals surface area (Å²) < 4.78 is 19.4. The van der Waals surface area contributed by atoms with Crippen molar-refractivity contribution in [2.24, 2.45) is 5.92 Å². The van der Waals surface area contributed by atoms with Crippen molar-refractivity contribution < 1.29 is 14.3 Å². The average molecular weight is 403 g/mol. The summed E-state index contributed by atoms with van der Waals surface area (Å²) in [6.07, 6.45) is 3.62. The molecule has 150 valence electrons. The van der Waals surface area contributed by atoms with Crippen LogP contribution in [0.2, 0.25) is 0 Å². The minimum Gasteiger partial charge on any atom is -0.493 e. The van der Waals surface area contributed by atoms with E-state index in [1.165, 1.54) is 5.56 Å². The van der Waals surface area contributed by atoms with Crippen molar-refractivity contribution in [3.63, 3.8) is 0 Å². The number of benzene rings is 1. The van der Waals surface area contributed by atoms with Crippen LogP contribution in [0.15, 0.2) is 30.5 Å².